The highest BCUT2D eigenvalue weighted by Gasteiger charge is 2.73. The van der Waals surface area contributed by atoms with Gasteiger partial charge < -0.3 is 19.5 Å². The van der Waals surface area contributed by atoms with E-state index >= 15 is 0 Å². The van der Waals surface area contributed by atoms with Gasteiger partial charge in [0.1, 0.15) is 6.10 Å². The number of hydrogen-bond acceptors (Lipinski definition) is 5. The topological polar surface area (TPSA) is 62.2 Å². The van der Waals surface area contributed by atoms with Gasteiger partial charge in [0.2, 0.25) is 5.91 Å². The summed E-state index contributed by atoms with van der Waals surface area (Å²) in [6.07, 6.45) is 4.54. The van der Waals surface area contributed by atoms with Crippen molar-refractivity contribution in [3.05, 3.63) is 69.7 Å². The summed E-state index contributed by atoms with van der Waals surface area (Å²) >= 11 is 12.4. The van der Waals surface area contributed by atoms with Gasteiger partial charge in [-0.1, -0.05) is 55.3 Å². The molecule has 2 aliphatic carbocycles. The van der Waals surface area contributed by atoms with Crippen molar-refractivity contribution in [2.45, 2.75) is 75.2 Å². The summed E-state index contributed by atoms with van der Waals surface area (Å²) in [5.74, 6) is 1.72. The Bertz CT molecular complexity index is 1350. The summed E-state index contributed by atoms with van der Waals surface area (Å²) in [6.45, 7) is 10.4. The number of carbonyl (C=O) groups is 1. The molecule has 2 aromatic carbocycles. The van der Waals surface area contributed by atoms with E-state index in [0.29, 0.717) is 35.2 Å². The second-order valence-electron chi connectivity index (χ2n) is 12.3. The van der Waals surface area contributed by atoms with E-state index in [1.165, 1.54) is 5.56 Å². The van der Waals surface area contributed by atoms with Crippen LogP contribution in [0.3, 0.4) is 0 Å². The summed E-state index contributed by atoms with van der Waals surface area (Å²) in [6, 6.07) is 9.27. The molecule has 4 aliphatic rings. The van der Waals surface area contributed by atoms with Crippen LogP contribution < -0.4 is 9.47 Å². The normalized spacial score (nSPS) is 30.0. The van der Waals surface area contributed by atoms with Crippen LogP contribution >= 0.6 is 23.2 Å². The third-order valence-electron chi connectivity index (χ3n) is 9.73. The van der Waals surface area contributed by atoms with Crippen molar-refractivity contribution >= 4 is 29.1 Å². The van der Waals surface area contributed by atoms with Crippen molar-refractivity contribution in [3.63, 3.8) is 0 Å². The number of ether oxygens (including phenoxy) is 2. The predicted molar refractivity (Wildman–Crippen MR) is 158 cm³/mol. The Morgan fingerprint density at radius 1 is 1.27 bits per heavy atom. The summed E-state index contributed by atoms with van der Waals surface area (Å²) < 4.78 is 12.7. The minimum absolute atomic E-state index is 0.0297. The molecule has 6 rings (SSSR count). The Morgan fingerprint density at radius 2 is 2.08 bits per heavy atom. The number of nitrogens with zero attached hydrogens (tertiary/aromatic N) is 2. The summed E-state index contributed by atoms with van der Waals surface area (Å²) in [4.78, 5) is 18.5. The molecule has 0 radical (unpaired) electrons. The van der Waals surface area contributed by atoms with Gasteiger partial charge in [0.05, 0.1) is 40.6 Å². The Balaban J connectivity index is 1.43. The molecule has 5 atom stereocenters. The minimum Gasteiger partial charge on any atom is -0.493 e. The fourth-order valence-corrected chi connectivity index (χ4v) is 8.52. The van der Waals surface area contributed by atoms with Gasteiger partial charge in [-0.15, -0.1) is 6.58 Å². The zero-order valence-corrected chi connectivity index (χ0v) is 25.0. The van der Waals surface area contributed by atoms with E-state index in [1.807, 2.05) is 23.1 Å². The van der Waals surface area contributed by atoms with Crippen molar-refractivity contribution in [1.82, 2.24) is 9.80 Å². The van der Waals surface area contributed by atoms with E-state index in [4.69, 9.17) is 32.7 Å². The third-order valence-corrected chi connectivity index (χ3v) is 10.5. The predicted octanol–water partition coefficient (Wildman–Crippen LogP) is 5.44. The highest BCUT2D eigenvalue weighted by Crippen LogP contribution is 2.66. The fourth-order valence-electron chi connectivity index (χ4n) is 8.20. The SMILES string of the molecule is C=CCN1CC[C@]23c4c5ccc(OC)c4OC2C(N(CC(C)C)C(=O)Cc2ccc(Cl)c(Cl)c2)CC[C@@]3(O)[C@H]1C5. The van der Waals surface area contributed by atoms with Crippen LogP contribution in [0.2, 0.25) is 10.0 Å². The van der Waals surface area contributed by atoms with Crippen LogP contribution in [0, 0.1) is 5.92 Å². The quantitative estimate of drug-likeness (QED) is 0.419. The molecule has 1 N–H and O–H groups in total. The van der Waals surface area contributed by atoms with Gasteiger partial charge in [0.15, 0.2) is 11.5 Å². The number of rotatable bonds is 8. The molecule has 0 aromatic heterocycles. The Kier molecular flexibility index (Phi) is 7.14. The molecular weight excluding hydrogens is 547 g/mol. The Hall–Kier alpha value is -2.25. The maximum atomic E-state index is 14.1. The number of halogens is 2. The lowest BCUT2D eigenvalue weighted by atomic mass is 9.48. The zero-order chi connectivity index (χ0) is 28.4. The number of amides is 1. The first kappa shape index (κ1) is 27.9. The van der Waals surface area contributed by atoms with E-state index in [0.717, 1.165) is 42.8 Å². The molecular formula is C32H38Cl2N2O4. The van der Waals surface area contributed by atoms with Gasteiger partial charge >= 0.3 is 0 Å². The molecule has 40 heavy (non-hydrogen) atoms. The smallest absolute Gasteiger partial charge is 0.227 e. The van der Waals surface area contributed by atoms with Crippen LogP contribution in [0.4, 0.5) is 0 Å². The molecule has 2 unspecified atom stereocenters. The fraction of sp³-hybridized carbons (Fsp3) is 0.531. The molecule has 2 heterocycles. The molecule has 1 saturated heterocycles. The van der Waals surface area contributed by atoms with Crippen LogP contribution in [0.15, 0.2) is 43.0 Å². The molecule has 8 heteroatoms. The number of hydrogen-bond donors (Lipinski definition) is 1. The zero-order valence-electron chi connectivity index (χ0n) is 23.5. The van der Waals surface area contributed by atoms with E-state index in [9.17, 15) is 9.90 Å². The monoisotopic (exact) mass is 584 g/mol. The molecule has 1 spiro atoms. The van der Waals surface area contributed by atoms with Gasteiger partial charge in [-0.05, 0) is 67.5 Å². The van der Waals surface area contributed by atoms with Crippen molar-refractivity contribution < 1.29 is 19.4 Å². The first-order chi connectivity index (χ1) is 19.1. The van der Waals surface area contributed by atoms with Crippen LogP contribution in [0.5, 0.6) is 11.5 Å². The van der Waals surface area contributed by atoms with E-state index in [-0.39, 0.29) is 36.4 Å². The number of carbonyl (C=O) groups excluding carboxylic acids is 1. The number of piperidine rings is 1. The van der Waals surface area contributed by atoms with Crippen LogP contribution in [0.25, 0.3) is 0 Å². The minimum atomic E-state index is -0.976. The Morgan fingerprint density at radius 3 is 2.77 bits per heavy atom. The molecule has 6 nitrogen and oxygen atoms in total. The van der Waals surface area contributed by atoms with Crippen LogP contribution in [-0.2, 0) is 23.1 Å². The lowest BCUT2D eigenvalue weighted by molar-refractivity contribution is -0.200. The maximum Gasteiger partial charge on any atom is 0.227 e. The van der Waals surface area contributed by atoms with Gasteiger partial charge in [-0.3, -0.25) is 9.69 Å². The van der Waals surface area contributed by atoms with E-state index in [2.05, 4.69) is 31.4 Å². The summed E-state index contributed by atoms with van der Waals surface area (Å²) in [5, 5.41) is 13.7. The highest BCUT2D eigenvalue weighted by molar-refractivity contribution is 6.42. The Labute approximate surface area is 246 Å². The molecule has 2 bridgehead atoms. The molecule has 1 saturated carbocycles. The van der Waals surface area contributed by atoms with Crippen molar-refractivity contribution in [3.8, 4) is 11.5 Å². The second kappa shape index (κ2) is 10.2. The largest absolute Gasteiger partial charge is 0.493 e. The van der Waals surface area contributed by atoms with Gasteiger partial charge in [0.25, 0.3) is 0 Å². The second-order valence-corrected chi connectivity index (χ2v) is 13.1. The lowest BCUT2D eigenvalue weighted by Crippen LogP contribution is -2.78. The van der Waals surface area contributed by atoms with E-state index < -0.39 is 11.0 Å². The standard InChI is InChI=1S/C32H38Cl2N2O4/c1-5-13-35-14-12-31-28-21-7-9-25(39-4)29(28)40-30(31)24(10-11-32(31,38)26(35)17-21)36(18-19(2)3)27(37)16-20-6-8-22(33)23(34)15-20/h5-9,15,19,24,26,30,38H,1,10-14,16-18H2,2-4H3/t24?,26-,30?,31+,32-/m1/s1. The number of aliphatic hydroxyl groups is 1. The summed E-state index contributed by atoms with van der Waals surface area (Å²) in [5.41, 5.74) is 1.54. The van der Waals surface area contributed by atoms with Crippen LogP contribution in [-0.4, -0.2) is 71.3 Å². The average molecular weight is 586 g/mol. The highest BCUT2D eigenvalue weighted by atomic mass is 35.5. The average Bonchev–Trinajstić information content (AvgIpc) is 3.26. The molecule has 214 valence electrons. The first-order valence-electron chi connectivity index (χ1n) is 14.3. The lowest BCUT2D eigenvalue weighted by Gasteiger charge is -2.64. The van der Waals surface area contributed by atoms with E-state index in [1.54, 1.807) is 19.2 Å². The number of likely N-dealkylation sites (tertiary alicyclic amines) is 1. The molecule has 2 fully saturated rings. The summed E-state index contributed by atoms with van der Waals surface area (Å²) in [7, 11) is 1.66. The molecule has 1 amide bonds. The van der Waals surface area contributed by atoms with Gasteiger partial charge in [0, 0.05) is 24.7 Å². The first-order valence-corrected chi connectivity index (χ1v) is 15.1. The van der Waals surface area contributed by atoms with Gasteiger partial charge in [-0.25, -0.2) is 0 Å². The third kappa shape index (κ3) is 4.01. The molecule has 2 aliphatic heterocycles. The maximum absolute atomic E-state index is 14.1. The van der Waals surface area contributed by atoms with Gasteiger partial charge in [-0.2, -0.15) is 0 Å². The number of benzene rings is 2. The van der Waals surface area contributed by atoms with Crippen molar-refractivity contribution in [2.75, 3.05) is 26.7 Å². The van der Waals surface area contributed by atoms with Crippen molar-refractivity contribution in [1.29, 1.82) is 0 Å². The molecule has 2 aromatic rings. The number of methoxy groups -OCH3 is 1. The van der Waals surface area contributed by atoms with Crippen LogP contribution in [0.1, 0.15) is 49.8 Å². The van der Waals surface area contributed by atoms with Crippen molar-refractivity contribution in [2.24, 2.45) is 5.92 Å².